The average molecular weight is 274 g/mol. The van der Waals surface area contributed by atoms with Crippen LogP contribution >= 0.6 is 0 Å². The Bertz CT molecular complexity index is 399. The van der Waals surface area contributed by atoms with Gasteiger partial charge >= 0.3 is 0 Å². The predicted octanol–water partition coefficient (Wildman–Crippen LogP) is 6.20. The molecule has 0 spiro atoms. The van der Waals surface area contributed by atoms with Crippen molar-refractivity contribution in [2.75, 3.05) is 0 Å². The van der Waals surface area contributed by atoms with Crippen molar-refractivity contribution in [3.8, 4) is 0 Å². The van der Waals surface area contributed by atoms with Crippen LogP contribution in [0.1, 0.15) is 91.4 Å². The van der Waals surface area contributed by atoms with Crippen LogP contribution in [0.4, 0.5) is 0 Å². The Balaban J connectivity index is 1.68. The molecule has 0 bridgehead atoms. The lowest BCUT2D eigenvalue weighted by Gasteiger charge is -2.64. The van der Waals surface area contributed by atoms with Gasteiger partial charge in [-0.3, -0.25) is 0 Å². The summed E-state index contributed by atoms with van der Waals surface area (Å²) in [6.07, 6.45) is 16.9. The van der Waals surface area contributed by atoms with Gasteiger partial charge in [0, 0.05) is 0 Å². The smallest absolute Gasteiger partial charge is 0.0241 e. The fraction of sp³-hybridized carbons (Fsp3) is 1.00. The van der Waals surface area contributed by atoms with Crippen LogP contribution in [-0.2, 0) is 0 Å². The van der Waals surface area contributed by atoms with Gasteiger partial charge in [-0.15, -0.1) is 0 Å². The predicted molar refractivity (Wildman–Crippen MR) is 85.6 cm³/mol. The topological polar surface area (TPSA) is 0 Å². The van der Waals surface area contributed by atoms with Crippen molar-refractivity contribution in [1.29, 1.82) is 0 Å². The first kappa shape index (κ1) is 13.6. The van der Waals surface area contributed by atoms with E-state index >= 15 is 0 Å². The molecule has 0 aromatic carbocycles. The van der Waals surface area contributed by atoms with Crippen LogP contribution in [0.15, 0.2) is 0 Å². The van der Waals surface area contributed by atoms with Crippen LogP contribution in [0.25, 0.3) is 0 Å². The van der Waals surface area contributed by atoms with E-state index in [2.05, 4.69) is 20.8 Å². The minimum absolute atomic E-state index is 0.679. The standard InChI is InChI=1S/C20H34/c1-18-10-6-7-16(18)15-8-14-19(2)11-4-5-12-20(19,3)17(15)9-13-18/h15-17H,4-14H2,1-3H3. The van der Waals surface area contributed by atoms with Gasteiger partial charge in [0.15, 0.2) is 0 Å². The van der Waals surface area contributed by atoms with Crippen molar-refractivity contribution in [3.63, 3.8) is 0 Å². The first-order valence-corrected chi connectivity index (χ1v) is 9.49. The van der Waals surface area contributed by atoms with E-state index in [1.807, 2.05) is 0 Å². The Hall–Kier alpha value is 0. The zero-order valence-electron chi connectivity index (χ0n) is 14.0. The molecule has 0 aromatic heterocycles. The zero-order valence-corrected chi connectivity index (χ0v) is 14.0. The molecule has 4 fully saturated rings. The van der Waals surface area contributed by atoms with Gasteiger partial charge in [-0.05, 0) is 85.4 Å². The van der Waals surface area contributed by atoms with Crippen molar-refractivity contribution >= 4 is 0 Å². The molecule has 114 valence electrons. The van der Waals surface area contributed by atoms with Crippen molar-refractivity contribution in [2.45, 2.75) is 91.4 Å². The number of rotatable bonds is 0. The first-order chi connectivity index (χ1) is 9.49. The van der Waals surface area contributed by atoms with Gasteiger partial charge < -0.3 is 0 Å². The molecule has 0 amide bonds. The third kappa shape index (κ3) is 1.60. The molecule has 0 saturated heterocycles. The average Bonchev–Trinajstić information content (AvgIpc) is 2.81. The van der Waals surface area contributed by atoms with E-state index in [-0.39, 0.29) is 0 Å². The minimum Gasteiger partial charge on any atom is -0.0594 e. The van der Waals surface area contributed by atoms with Crippen molar-refractivity contribution in [3.05, 3.63) is 0 Å². The summed E-state index contributed by atoms with van der Waals surface area (Å²) in [6.45, 7) is 8.00. The highest BCUT2D eigenvalue weighted by molar-refractivity contribution is 5.10. The summed E-state index contributed by atoms with van der Waals surface area (Å²) in [5.74, 6) is 3.25. The lowest BCUT2D eigenvalue weighted by molar-refractivity contribution is -0.147. The molecule has 0 heteroatoms. The van der Waals surface area contributed by atoms with Crippen LogP contribution < -0.4 is 0 Å². The third-order valence-electron chi connectivity index (χ3n) is 9.12. The molecule has 4 rings (SSSR count). The molecule has 0 heterocycles. The molecule has 6 atom stereocenters. The molecule has 4 aliphatic rings. The van der Waals surface area contributed by atoms with Gasteiger partial charge in [0.05, 0.1) is 0 Å². The Morgan fingerprint density at radius 3 is 2.30 bits per heavy atom. The van der Waals surface area contributed by atoms with Crippen LogP contribution in [0, 0.1) is 34.0 Å². The van der Waals surface area contributed by atoms with E-state index in [9.17, 15) is 0 Å². The Morgan fingerprint density at radius 2 is 1.45 bits per heavy atom. The molecule has 0 N–H and O–H groups in total. The maximum absolute atomic E-state index is 2.71. The van der Waals surface area contributed by atoms with E-state index in [0.717, 1.165) is 23.2 Å². The van der Waals surface area contributed by atoms with Crippen LogP contribution in [-0.4, -0.2) is 0 Å². The van der Waals surface area contributed by atoms with Gasteiger partial charge in [-0.2, -0.15) is 0 Å². The van der Waals surface area contributed by atoms with Crippen molar-refractivity contribution in [2.24, 2.45) is 34.0 Å². The van der Waals surface area contributed by atoms with E-state index in [4.69, 9.17) is 0 Å². The molecule has 0 radical (unpaired) electrons. The zero-order chi connectivity index (χ0) is 14.0. The number of hydrogen-bond acceptors (Lipinski definition) is 0. The Labute approximate surface area is 126 Å². The van der Waals surface area contributed by atoms with Crippen molar-refractivity contribution in [1.82, 2.24) is 0 Å². The second-order valence-corrected chi connectivity index (χ2v) is 9.69. The Morgan fingerprint density at radius 1 is 0.650 bits per heavy atom. The highest BCUT2D eigenvalue weighted by Gasteiger charge is 2.60. The molecule has 20 heavy (non-hydrogen) atoms. The van der Waals surface area contributed by atoms with Crippen LogP contribution in [0.2, 0.25) is 0 Å². The molecule has 0 aromatic rings. The summed E-state index contributed by atoms with van der Waals surface area (Å²) >= 11 is 0. The molecular formula is C20H34. The van der Waals surface area contributed by atoms with Crippen molar-refractivity contribution < 1.29 is 0 Å². The first-order valence-electron chi connectivity index (χ1n) is 9.49. The lowest BCUT2D eigenvalue weighted by Crippen LogP contribution is -2.56. The van der Waals surface area contributed by atoms with E-state index in [0.29, 0.717) is 10.8 Å². The molecule has 0 aliphatic heterocycles. The van der Waals surface area contributed by atoms with Crippen LogP contribution in [0.3, 0.4) is 0 Å². The molecule has 0 nitrogen and oxygen atoms in total. The van der Waals surface area contributed by atoms with Gasteiger partial charge in [0.2, 0.25) is 0 Å². The van der Waals surface area contributed by atoms with E-state index in [1.54, 1.807) is 25.7 Å². The number of fused-ring (bicyclic) bond motifs is 5. The third-order valence-corrected chi connectivity index (χ3v) is 9.12. The van der Waals surface area contributed by atoms with Gasteiger partial charge in [0.25, 0.3) is 0 Å². The van der Waals surface area contributed by atoms with Crippen LogP contribution in [0.5, 0.6) is 0 Å². The summed E-state index contributed by atoms with van der Waals surface area (Å²) in [7, 11) is 0. The molecule has 4 saturated carbocycles. The second kappa shape index (κ2) is 4.26. The van der Waals surface area contributed by atoms with E-state index in [1.165, 1.54) is 44.9 Å². The Kier molecular flexibility index (Phi) is 2.91. The maximum atomic E-state index is 2.71. The summed E-state index contributed by atoms with van der Waals surface area (Å²) < 4.78 is 0. The van der Waals surface area contributed by atoms with Gasteiger partial charge in [0.1, 0.15) is 0 Å². The molecular weight excluding hydrogens is 240 g/mol. The monoisotopic (exact) mass is 274 g/mol. The highest BCUT2D eigenvalue weighted by atomic mass is 14.6. The SMILES string of the molecule is CC12CCCC1C1CCC3(C)CCCCC3(C)C1CC2. The summed E-state index contributed by atoms with van der Waals surface area (Å²) in [6, 6.07) is 0. The maximum Gasteiger partial charge on any atom is -0.0241 e. The summed E-state index contributed by atoms with van der Waals surface area (Å²) in [5, 5.41) is 0. The lowest BCUT2D eigenvalue weighted by atomic mass is 9.41. The molecule has 6 unspecified atom stereocenters. The van der Waals surface area contributed by atoms with Gasteiger partial charge in [-0.25, -0.2) is 0 Å². The normalized spacial score (nSPS) is 58.6. The van der Waals surface area contributed by atoms with Gasteiger partial charge in [-0.1, -0.05) is 40.0 Å². The largest absolute Gasteiger partial charge is 0.0594 e. The summed E-state index contributed by atoms with van der Waals surface area (Å²) in [4.78, 5) is 0. The molecule has 4 aliphatic carbocycles. The second-order valence-electron chi connectivity index (χ2n) is 9.69. The fourth-order valence-electron chi connectivity index (χ4n) is 7.60. The quantitative estimate of drug-likeness (QED) is 0.493. The fourth-order valence-corrected chi connectivity index (χ4v) is 7.60. The highest BCUT2D eigenvalue weighted by Crippen LogP contribution is 2.69. The van der Waals surface area contributed by atoms with E-state index < -0.39 is 0 Å². The number of hydrogen-bond donors (Lipinski definition) is 0. The summed E-state index contributed by atoms with van der Waals surface area (Å²) in [5.41, 5.74) is 2.09. The minimum atomic E-state index is 0.679.